The molecule has 0 aromatic heterocycles. The number of nitrogens with one attached hydrogen (secondary N) is 2. The highest BCUT2D eigenvalue weighted by atomic mass is 35.5. The Morgan fingerprint density at radius 2 is 1.81 bits per heavy atom. The molecule has 2 atom stereocenters. The van der Waals surface area contributed by atoms with Crippen LogP contribution in [0.15, 0.2) is 60.7 Å². The number of hydrogen-bond acceptors (Lipinski definition) is 3. The SMILES string of the molecule is CN[C@@H](C)C(=O)N[C@H]1CCc2ccccc2N(Cc2c(C)ccc3ccccc23)C1=O.Cl. The topological polar surface area (TPSA) is 61.4 Å². The second kappa shape index (κ2) is 10.2. The van der Waals surface area contributed by atoms with Gasteiger partial charge in [0.1, 0.15) is 6.04 Å². The average Bonchev–Trinajstić information content (AvgIpc) is 2.92. The molecule has 0 aliphatic carbocycles. The van der Waals surface area contributed by atoms with Gasteiger partial charge in [0, 0.05) is 5.69 Å². The van der Waals surface area contributed by atoms with Crippen LogP contribution in [0.3, 0.4) is 0 Å². The first-order valence-corrected chi connectivity index (χ1v) is 10.8. The van der Waals surface area contributed by atoms with Gasteiger partial charge in [-0.3, -0.25) is 9.59 Å². The molecule has 0 bridgehead atoms. The van der Waals surface area contributed by atoms with Gasteiger partial charge in [-0.15, -0.1) is 12.4 Å². The van der Waals surface area contributed by atoms with Gasteiger partial charge in [0.2, 0.25) is 11.8 Å². The Kier molecular flexibility index (Phi) is 7.54. The lowest BCUT2D eigenvalue weighted by atomic mass is 9.99. The van der Waals surface area contributed by atoms with Gasteiger partial charge in [0.15, 0.2) is 0 Å². The quantitative estimate of drug-likeness (QED) is 0.612. The van der Waals surface area contributed by atoms with Crippen molar-refractivity contribution in [3.8, 4) is 0 Å². The van der Waals surface area contributed by atoms with Gasteiger partial charge in [-0.1, -0.05) is 54.6 Å². The number of benzene rings is 3. The molecular weight excluding hydrogens is 422 g/mol. The van der Waals surface area contributed by atoms with Crippen LogP contribution in [-0.4, -0.2) is 30.9 Å². The van der Waals surface area contributed by atoms with Crippen LogP contribution in [0.1, 0.15) is 30.0 Å². The van der Waals surface area contributed by atoms with E-state index in [0.717, 1.165) is 39.6 Å². The summed E-state index contributed by atoms with van der Waals surface area (Å²) in [6, 6.07) is 19.7. The number of para-hydroxylation sites is 1. The number of carbonyl (C=O) groups is 2. The molecule has 0 fully saturated rings. The number of nitrogens with zero attached hydrogens (tertiary/aromatic N) is 1. The highest BCUT2D eigenvalue weighted by Crippen LogP contribution is 2.31. The molecule has 2 amide bonds. The summed E-state index contributed by atoms with van der Waals surface area (Å²) in [5.41, 5.74) is 4.35. The highest BCUT2D eigenvalue weighted by molar-refractivity contribution is 6.01. The smallest absolute Gasteiger partial charge is 0.249 e. The Balaban J connectivity index is 0.00000289. The second-order valence-corrected chi connectivity index (χ2v) is 8.25. The largest absolute Gasteiger partial charge is 0.343 e. The summed E-state index contributed by atoms with van der Waals surface area (Å²) in [6.45, 7) is 4.35. The maximum absolute atomic E-state index is 13.7. The third-order valence-corrected chi connectivity index (χ3v) is 6.28. The molecule has 6 heteroatoms. The van der Waals surface area contributed by atoms with Gasteiger partial charge >= 0.3 is 0 Å². The molecule has 168 valence electrons. The van der Waals surface area contributed by atoms with Crippen molar-refractivity contribution in [2.24, 2.45) is 0 Å². The predicted octanol–water partition coefficient (Wildman–Crippen LogP) is 4.14. The molecular formula is C26H30ClN3O2. The van der Waals surface area contributed by atoms with Crippen LogP contribution in [0.2, 0.25) is 0 Å². The number of hydrogen-bond donors (Lipinski definition) is 2. The number of likely N-dealkylation sites (N-methyl/N-ethyl adjacent to an activating group) is 1. The minimum atomic E-state index is -0.550. The van der Waals surface area contributed by atoms with Gasteiger partial charge in [-0.05, 0) is 67.3 Å². The lowest BCUT2D eigenvalue weighted by Crippen LogP contribution is -2.52. The van der Waals surface area contributed by atoms with E-state index in [1.165, 1.54) is 0 Å². The van der Waals surface area contributed by atoms with Crippen molar-refractivity contribution in [3.05, 3.63) is 77.4 Å². The summed E-state index contributed by atoms with van der Waals surface area (Å²) in [4.78, 5) is 28.1. The van der Waals surface area contributed by atoms with Crippen molar-refractivity contribution in [1.82, 2.24) is 10.6 Å². The second-order valence-electron chi connectivity index (χ2n) is 8.25. The lowest BCUT2D eigenvalue weighted by molar-refractivity contribution is -0.128. The average molecular weight is 452 g/mol. The minimum absolute atomic E-state index is 0. The normalized spacial score (nSPS) is 16.7. The van der Waals surface area contributed by atoms with Crippen molar-refractivity contribution < 1.29 is 9.59 Å². The Morgan fingerprint density at radius 3 is 2.59 bits per heavy atom. The Hall–Kier alpha value is -2.89. The van der Waals surface area contributed by atoms with E-state index in [0.29, 0.717) is 13.0 Å². The van der Waals surface area contributed by atoms with Crippen LogP contribution in [0.4, 0.5) is 5.69 Å². The Bertz CT molecular complexity index is 1130. The molecule has 0 spiro atoms. The van der Waals surface area contributed by atoms with Crippen molar-refractivity contribution in [1.29, 1.82) is 0 Å². The summed E-state index contributed by atoms with van der Waals surface area (Å²) in [5.74, 6) is -0.220. The molecule has 0 radical (unpaired) electrons. The third-order valence-electron chi connectivity index (χ3n) is 6.28. The summed E-state index contributed by atoms with van der Waals surface area (Å²) in [5, 5.41) is 8.23. The van der Waals surface area contributed by atoms with Crippen LogP contribution in [-0.2, 0) is 22.6 Å². The molecule has 4 rings (SSSR count). The summed E-state index contributed by atoms with van der Waals surface area (Å²) >= 11 is 0. The zero-order valence-corrected chi connectivity index (χ0v) is 19.5. The van der Waals surface area contributed by atoms with Crippen LogP contribution in [0, 0.1) is 6.92 Å². The Labute approximate surface area is 195 Å². The molecule has 0 saturated heterocycles. The lowest BCUT2D eigenvalue weighted by Gasteiger charge is -2.28. The van der Waals surface area contributed by atoms with E-state index in [1.807, 2.05) is 35.2 Å². The number of aryl methyl sites for hydroxylation is 2. The maximum atomic E-state index is 13.7. The molecule has 5 nitrogen and oxygen atoms in total. The first-order valence-electron chi connectivity index (χ1n) is 10.8. The third kappa shape index (κ3) is 4.64. The van der Waals surface area contributed by atoms with E-state index >= 15 is 0 Å². The molecule has 1 heterocycles. The van der Waals surface area contributed by atoms with E-state index in [9.17, 15) is 9.59 Å². The van der Waals surface area contributed by atoms with E-state index in [1.54, 1.807) is 14.0 Å². The zero-order valence-electron chi connectivity index (χ0n) is 18.7. The van der Waals surface area contributed by atoms with Crippen molar-refractivity contribution >= 4 is 40.7 Å². The van der Waals surface area contributed by atoms with Gasteiger partial charge in [0.05, 0.1) is 12.6 Å². The fourth-order valence-electron chi connectivity index (χ4n) is 4.25. The number of amides is 2. The number of halogens is 1. The van der Waals surface area contributed by atoms with Crippen molar-refractivity contribution in [2.75, 3.05) is 11.9 Å². The molecule has 2 N–H and O–H groups in total. The van der Waals surface area contributed by atoms with Crippen molar-refractivity contribution in [3.63, 3.8) is 0 Å². The van der Waals surface area contributed by atoms with Crippen LogP contribution < -0.4 is 15.5 Å². The van der Waals surface area contributed by atoms with Crippen LogP contribution in [0.5, 0.6) is 0 Å². The first kappa shape index (κ1) is 23.8. The van der Waals surface area contributed by atoms with E-state index in [4.69, 9.17) is 0 Å². The first-order chi connectivity index (χ1) is 15.0. The summed E-state index contributed by atoms with van der Waals surface area (Å²) in [6.07, 6.45) is 1.33. The molecule has 32 heavy (non-hydrogen) atoms. The summed E-state index contributed by atoms with van der Waals surface area (Å²) < 4.78 is 0. The van der Waals surface area contributed by atoms with Gasteiger partial charge < -0.3 is 15.5 Å². The van der Waals surface area contributed by atoms with E-state index in [-0.39, 0.29) is 30.3 Å². The molecule has 1 aliphatic rings. The fraction of sp³-hybridized carbons (Fsp3) is 0.308. The minimum Gasteiger partial charge on any atom is -0.343 e. The van der Waals surface area contributed by atoms with Crippen molar-refractivity contribution in [2.45, 2.75) is 45.3 Å². The molecule has 1 aliphatic heterocycles. The zero-order chi connectivity index (χ0) is 22.0. The highest BCUT2D eigenvalue weighted by Gasteiger charge is 2.32. The van der Waals surface area contributed by atoms with Crippen LogP contribution in [0.25, 0.3) is 10.8 Å². The van der Waals surface area contributed by atoms with Gasteiger partial charge in [-0.2, -0.15) is 0 Å². The standard InChI is InChI=1S/C26H29N3O2.ClH/c1-17-12-13-19-8-4-6-10-21(19)22(17)16-29-24-11-7-5-9-20(24)14-15-23(26(29)31)28-25(30)18(2)27-3;/h4-13,18,23,27H,14-16H2,1-3H3,(H,28,30);1H/t18-,23-;/m0./s1. The Morgan fingerprint density at radius 1 is 1.09 bits per heavy atom. The number of fused-ring (bicyclic) bond motifs is 2. The van der Waals surface area contributed by atoms with Crippen LogP contribution >= 0.6 is 12.4 Å². The van der Waals surface area contributed by atoms with Gasteiger partial charge in [-0.25, -0.2) is 0 Å². The number of carbonyl (C=O) groups excluding carboxylic acids is 2. The molecule has 3 aromatic rings. The summed E-state index contributed by atoms with van der Waals surface area (Å²) in [7, 11) is 1.74. The number of rotatable bonds is 5. The molecule has 0 saturated carbocycles. The molecule has 0 unspecified atom stereocenters. The monoisotopic (exact) mass is 451 g/mol. The fourth-order valence-corrected chi connectivity index (χ4v) is 4.25. The van der Waals surface area contributed by atoms with E-state index < -0.39 is 6.04 Å². The number of anilines is 1. The van der Waals surface area contributed by atoms with Gasteiger partial charge in [0.25, 0.3) is 0 Å². The molecule has 3 aromatic carbocycles. The predicted molar refractivity (Wildman–Crippen MR) is 132 cm³/mol. The van der Waals surface area contributed by atoms with E-state index in [2.05, 4.69) is 47.9 Å². The maximum Gasteiger partial charge on any atom is 0.249 e.